The Bertz CT molecular complexity index is 794. The quantitative estimate of drug-likeness (QED) is 0.826. The van der Waals surface area contributed by atoms with Crippen LogP contribution in [-0.4, -0.2) is 35.2 Å². The third-order valence-electron chi connectivity index (χ3n) is 5.06. The Morgan fingerprint density at radius 3 is 2.54 bits per heavy atom. The van der Waals surface area contributed by atoms with Gasteiger partial charge in [0.25, 0.3) is 0 Å². The second-order valence-corrected chi connectivity index (χ2v) is 6.81. The molecule has 0 aliphatic carbocycles. The lowest BCUT2D eigenvalue weighted by Gasteiger charge is -2.28. The number of hydrogen-bond acceptors (Lipinski definition) is 2. The van der Waals surface area contributed by atoms with E-state index < -0.39 is 0 Å². The molecule has 1 saturated heterocycles. The Hall–Kier alpha value is -2.69. The van der Waals surface area contributed by atoms with Crippen molar-refractivity contribution in [1.82, 2.24) is 9.80 Å². The summed E-state index contributed by atoms with van der Waals surface area (Å²) in [4.78, 5) is 28.4. The minimum Gasteiger partial charge on any atom is -0.339 e. The summed E-state index contributed by atoms with van der Waals surface area (Å²) >= 11 is 0. The first kappa shape index (κ1) is 18.1. The van der Waals surface area contributed by atoms with Crippen LogP contribution in [-0.2, 0) is 16.1 Å². The summed E-state index contributed by atoms with van der Waals surface area (Å²) in [5.74, 6) is -0.845. The first-order chi connectivity index (χ1) is 12.5. The van der Waals surface area contributed by atoms with Crippen molar-refractivity contribution in [3.8, 4) is 0 Å². The average molecular weight is 354 g/mol. The highest BCUT2D eigenvalue weighted by Crippen LogP contribution is 2.27. The van der Waals surface area contributed by atoms with Gasteiger partial charge in [-0.1, -0.05) is 48.5 Å². The molecule has 2 aromatic rings. The number of hydrogen-bond donors (Lipinski definition) is 0. The third kappa shape index (κ3) is 3.77. The van der Waals surface area contributed by atoms with Crippen molar-refractivity contribution in [2.75, 3.05) is 13.6 Å². The van der Waals surface area contributed by atoms with Gasteiger partial charge in [-0.25, -0.2) is 4.39 Å². The van der Waals surface area contributed by atoms with Crippen molar-refractivity contribution in [2.24, 2.45) is 5.92 Å². The third-order valence-corrected chi connectivity index (χ3v) is 5.06. The Kier molecular flexibility index (Phi) is 5.35. The van der Waals surface area contributed by atoms with E-state index in [0.29, 0.717) is 18.7 Å². The van der Waals surface area contributed by atoms with Gasteiger partial charge in [0.2, 0.25) is 11.8 Å². The van der Waals surface area contributed by atoms with Gasteiger partial charge in [-0.05, 0) is 18.6 Å². The van der Waals surface area contributed by atoms with Crippen LogP contribution in [0, 0.1) is 11.7 Å². The summed E-state index contributed by atoms with van der Waals surface area (Å²) in [6.45, 7) is 2.71. The van der Waals surface area contributed by atoms with E-state index >= 15 is 0 Å². The predicted octanol–water partition coefficient (Wildman–Crippen LogP) is 3.39. The van der Waals surface area contributed by atoms with Gasteiger partial charge in [0.1, 0.15) is 5.82 Å². The molecular formula is C21H23FN2O2. The SMILES string of the molecule is CC(c1ccccc1F)N(C)C(=O)C1CC(=O)N(Cc2ccccc2)C1. The van der Waals surface area contributed by atoms with Crippen LogP contribution in [0.1, 0.15) is 30.5 Å². The van der Waals surface area contributed by atoms with Gasteiger partial charge in [-0.2, -0.15) is 0 Å². The van der Waals surface area contributed by atoms with Crippen LogP contribution in [0.25, 0.3) is 0 Å². The maximum Gasteiger partial charge on any atom is 0.228 e. The Morgan fingerprint density at radius 2 is 1.85 bits per heavy atom. The Balaban J connectivity index is 1.66. The number of amides is 2. The lowest BCUT2D eigenvalue weighted by atomic mass is 10.0. The molecule has 0 radical (unpaired) electrons. The lowest BCUT2D eigenvalue weighted by molar-refractivity contribution is -0.136. The molecule has 0 spiro atoms. The fraction of sp³-hybridized carbons (Fsp3) is 0.333. The van der Waals surface area contributed by atoms with Gasteiger partial charge >= 0.3 is 0 Å². The number of carbonyl (C=O) groups is 2. The summed E-state index contributed by atoms with van der Waals surface area (Å²) in [5.41, 5.74) is 1.52. The smallest absolute Gasteiger partial charge is 0.228 e. The molecule has 136 valence electrons. The van der Waals surface area contributed by atoms with Crippen LogP contribution in [0.2, 0.25) is 0 Å². The van der Waals surface area contributed by atoms with E-state index in [1.54, 1.807) is 42.0 Å². The van der Waals surface area contributed by atoms with Crippen molar-refractivity contribution in [1.29, 1.82) is 0 Å². The molecule has 0 aromatic heterocycles. The van der Waals surface area contributed by atoms with Crippen molar-refractivity contribution in [3.05, 3.63) is 71.5 Å². The molecule has 2 amide bonds. The van der Waals surface area contributed by atoms with E-state index in [9.17, 15) is 14.0 Å². The molecule has 0 bridgehead atoms. The molecule has 2 atom stereocenters. The van der Waals surface area contributed by atoms with Crippen LogP contribution in [0.4, 0.5) is 4.39 Å². The van der Waals surface area contributed by atoms with Crippen LogP contribution >= 0.6 is 0 Å². The number of halogens is 1. The van der Waals surface area contributed by atoms with Gasteiger partial charge in [0, 0.05) is 32.1 Å². The zero-order chi connectivity index (χ0) is 18.7. The predicted molar refractivity (Wildman–Crippen MR) is 97.6 cm³/mol. The lowest BCUT2D eigenvalue weighted by Crippen LogP contribution is -2.36. The van der Waals surface area contributed by atoms with E-state index in [0.717, 1.165) is 5.56 Å². The summed E-state index contributed by atoms with van der Waals surface area (Å²) in [6, 6.07) is 15.8. The van der Waals surface area contributed by atoms with E-state index in [2.05, 4.69) is 0 Å². The van der Waals surface area contributed by atoms with Crippen LogP contribution in [0.15, 0.2) is 54.6 Å². The molecule has 1 aliphatic heterocycles. The largest absolute Gasteiger partial charge is 0.339 e. The summed E-state index contributed by atoms with van der Waals surface area (Å²) in [7, 11) is 1.67. The standard InChI is InChI=1S/C21H23FN2O2/c1-15(18-10-6-7-11-19(18)22)23(2)21(26)17-12-20(25)24(14-17)13-16-8-4-3-5-9-16/h3-11,15,17H,12-14H2,1-2H3. The molecule has 2 unspecified atom stereocenters. The van der Waals surface area contributed by atoms with E-state index in [4.69, 9.17) is 0 Å². The Morgan fingerprint density at radius 1 is 1.19 bits per heavy atom. The number of carbonyl (C=O) groups excluding carboxylic acids is 2. The highest BCUT2D eigenvalue weighted by atomic mass is 19.1. The van der Waals surface area contributed by atoms with Crippen LogP contribution in [0.3, 0.4) is 0 Å². The van der Waals surface area contributed by atoms with Crippen LogP contribution < -0.4 is 0 Å². The van der Waals surface area contributed by atoms with Crippen molar-refractivity contribution in [2.45, 2.75) is 25.9 Å². The van der Waals surface area contributed by atoms with Crippen molar-refractivity contribution >= 4 is 11.8 Å². The second kappa shape index (κ2) is 7.68. The molecule has 26 heavy (non-hydrogen) atoms. The van der Waals surface area contributed by atoms with Crippen molar-refractivity contribution in [3.63, 3.8) is 0 Å². The number of nitrogens with zero attached hydrogens (tertiary/aromatic N) is 2. The maximum atomic E-state index is 14.0. The molecule has 0 N–H and O–H groups in total. The highest BCUT2D eigenvalue weighted by Gasteiger charge is 2.37. The van der Waals surface area contributed by atoms with Crippen LogP contribution in [0.5, 0.6) is 0 Å². The van der Waals surface area contributed by atoms with Gasteiger partial charge in [0.05, 0.1) is 12.0 Å². The van der Waals surface area contributed by atoms with Gasteiger partial charge in [-0.15, -0.1) is 0 Å². The minimum atomic E-state index is -0.387. The van der Waals surface area contributed by atoms with E-state index in [1.807, 2.05) is 30.3 Å². The molecule has 3 rings (SSSR count). The first-order valence-corrected chi connectivity index (χ1v) is 8.80. The maximum absolute atomic E-state index is 14.0. The first-order valence-electron chi connectivity index (χ1n) is 8.80. The van der Waals surface area contributed by atoms with Gasteiger partial charge in [0.15, 0.2) is 0 Å². The van der Waals surface area contributed by atoms with Gasteiger partial charge in [-0.3, -0.25) is 9.59 Å². The Labute approximate surface area is 153 Å². The molecule has 1 aliphatic rings. The summed E-state index contributed by atoms with van der Waals surface area (Å²) in [6.07, 6.45) is 0.208. The number of rotatable bonds is 5. The number of likely N-dealkylation sites (tertiary alicyclic amines) is 1. The zero-order valence-corrected chi connectivity index (χ0v) is 15.1. The van der Waals surface area contributed by atoms with E-state index in [1.165, 1.54) is 6.07 Å². The highest BCUT2D eigenvalue weighted by molar-refractivity contribution is 5.89. The fourth-order valence-electron chi connectivity index (χ4n) is 3.40. The average Bonchev–Trinajstić information content (AvgIpc) is 3.01. The molecule has 2 aromatic carbocycles. The monoisotopic (exact) mass is 354 g/mol. The van der Waals surface area contributed by atoms with E-state index in [-0.39, 0.29) is 36.0 Å². The van der Waals surface area contributed by atoms with Crippen molar-refractivity contribution < 1.29 is 14.0 Å². The molecule has 1 heterocycles. The molecule has 0 saturated carbocycles. The molecule has 1 fully saturated rings. The summed E-state index contributed by atoms with van der Waals surface area (Å²) in [5, 5.41) is 0. The minimum absolute atomic E-state index is 0.0147. The summed E-state index contributed by atoms with van der Waals surface area (Å²) < 4.78 is 14.0. The molecular weight excluding hydrogens is 331 g/mol. The van der Waals surface area contributed by atoms with Gasteiger partial charge < -0.3 is 9.80 Å². The number of benzene rings is 2. The zero-order valence-electron chi connectivity index (χ0n) is 15.1. The fourth-order valence-corrected chi connectivity index (χ4v) is 3.40. The molecule has 4 nitrogen and oxygen atoms in total. The normalized spacial score (nSPS) is 18.0. The topological polar surface area (TPSA) is 40.6 Å². The second-order valence-electron chi connectivity index (χ2n) is 6.81. The molecule has 5 heteroatoms.